The van der Waals surface area contributed by atoms with Crippen LogP contribution in [0.15, 0.2) is 5.41 Å². The summed E-state index contributed by atoms with van der Waals surface area (Å²) in [6, 6.07) is 0. The summed E-state index contributed by atoms with van der Waals surface area (Å²) in [7, 11) is 0.406. The van der Waals surface area contributed by atoms with Crippen LogP contribution < -0.4 is 0 Å². The van der Waals surface area contributed by atoms with Crippen molar-refractivity contribution in [2.45, 2.75) is 0 Å². The fraction of sp³-hybridized carbons (Fsp3) is 0. The van der Waals surface area contributed by atoms with Gasteiger partial charge in [-0.15, -0.1) is 0 Å². The van der Waals surface area contributed by atoms with Crippen molar-refractivity contribution in [3.63, 3.8) is 0 Å². The molecule has 0 aliphatic rings. The lowest BCUT2D eigenvalue weighted by atomic mass is 10.1. The Hall–Kier alpha value is -1.15. The average Bonchev–Trinajstić information content (AvgIpc) is 2.22. The molecule has 0 radical (unpaired) electrons. The first-order valence-electron chi connectivity index (χ1n) is 3.79. The van der Waals surface area contributed by atoms with Crippen LogP contribution in [0.2, 0.25) is 0 Å². The minimum atomic E-state index is -4.27. The minimum absolute atomic E-state index is 0.104. The lowest BCUT2D eigenvalue weighted by Gasteiger charge is -2.03. The van der Waals surface area contributed by atoms with Crippen LogP contribution in [-0.4, -0.2) is 8.42 Å². The Bertz CT molecular complexity index is 567. The standard InChI is InChI=1S/C8H2ClF5O2S/c9-17(15,16)2-1-3-4(10)6(12)8(14)7(13)5(3)11/h1-2H/b2-1+. The maximum absolute atomic E-state index is 13.0. The van der Waals surface area contributed by atoms with Crippen LogP contribution >= 0.6 is 10.7 Å². The van der Waals surface area contributed by atoms with E-state index in [1.807, 2.05) is 0 Å². The fourth-order valence-electron chi connectivity index (χ4n) is 0.918. The van der Waals surface area contributed by atoms with Gasteiger partial charge < -0.3 is 0 Å². The van der Waals surface area contributed by atoms with E-state index in [1.165, 1.54) is 0 Å². The Kier molecular flexibility index (Phi) is 3.78. The topological polar surface area (TPSA) is 34.1 Å². The molecule has 0 atom stereocenters. The molecule has 0 spiro atoms. The number of hydrogen-bond donors (Lipinski definition) is 0. The molecule has 2 nitrogen and oxygen atoms in total. The quantitative estimate of drug-likeness (QED) is 0.363. The predicted molar refractivity (Wildman–Crippen MR) is 50.0 cm³/mol. The second kappa shape index (κ2) is 4.61. The Morgan fingerprint density at radius 2 is 1.18 bits per heavy atom. The molecule has 0 aliphatic carbocycles. The Morgan fingerprint density at radius 1 is 0.824 bits per heavy atom. The van der Waals surface area contributed by atoms with Gasteiger partial charge in [-0.05, 0) is 6.08 Å². The first-order valence-corrected chi connectivity index (χ1v) is 6.16. The van der Waals surface area contributed by atoms with Gasteiger partial charge in [-0.2, -0.15) is 0 Å². The second-order valence-corrected chi connectivity index (χ2v) is 5.28. The lowest BCUT2D eigenvalue weighted by Crippen LogP contribution is -2.04. The van der Waals surface area contributed by atoms with E-state index in [2.05, 4.69) is 10.7 Å². The van der Waals surface area contributed by atoms with Gasteiger partial charge in [0.2, 0.25) is 5.82 Å². The molecule has 0 bridgehead atoms. The van der Waals surface area contributed by atoms with E-state index < -0.39 is 43.7 Å². The van der Waals surface area contributed by atoms with Crippen molar-refractivity contribution in [2.24, 2.45) is 0 Å². The molecule has 0 saturated carbocycles. The SMILES string of the molecule is O=S(=O)(Cl)/C=C/c1c(F)c(F)c(F)c(F)c1F. The summed E-state index contributed by atoms with van der Waals surface area (Å²) in [4.78, 5) is 0. The van der Waals surface area contributed by atoms with Gasteiger partial charge in [0, 0.05) is 16.1 Å². The van der Waals surface area contributed by atoms with E-state index in [-0.39, 0.29) is 11.5 Å². The summed E-state index contributed by atoms with van der Waals surface area (Å²) >= 11 is 0. The molecular weight excluding hydrogens is 291 g/mol. The van der Waals surface area contributed by atoms with Gasteiger partial charge in [0.05, 0.1) is 5.56 Å². The molecule has 9 heteroatoms. The molecule has 1 aromatic carbocycles. The molecule has 1 rings (SSSR count). The maximum Gasteiger partial charge on any atom is 0.254 e. The van der Waals surface area contributed by atoms with Crippen LogP contribution in [0.5, 0.6) is 0 Å². The van der Waals surface area contributed by atoms with E-state index in [0.29, 0.717) is 0 Å². The highest BCUT2D eigenvalue weighted by Crippen LogP contribution is 2.24. The largest absolute Gasteiger partial charge is 0.254 e. The van der Waals surface area contributed by atoms with Crippen molar-refractivity contribution in [1.29, 1.82) is 0 Å². The van der Waals surface area contributed by atoms with Gasteiger partial charge in [0.1, 0.15) is 0 Å². The van der Waals surface area contributed by atoms with Crippen LogP contribution in [0.4, 0.5) is 22.0 Å². The summed E-state index contributed by atoms with van der Waals surface area (Å²) in [5, 5.41) is 0.104. The van der Waals surface area contributed by atoms with Crippen LogP contribution in [0.1, 0.15) is 5.56 Å². The van der Waals surface area contributed by atoms with Crippen molar-refractivity contribution in [3.05, 3.63) is 40.1 Å². The number of benzene rings is 1. The van der Waals surface area contributed by atoms with Gasteiger partial charge >= 0.3 is 0 Å². The van der Waals surface area contributed by atoms with E-state index in [0.717, 1.165) is 0 Å². The third-order valence-electron chi connectivity index (χ3n) is 1.64. The van der Waals surface area contributed by atoms with Crippen molar-refractivity contribution in [3.8, 4) is 0 Å². The number of halogens is 6. The zero-order valence-corrected chi connectivity index (χ0v) is 9.22. The minimum Gasteiger partial charge on any atom is -0.208 e. The van der Waals surface area contributed by atoms with Crippen LogP contribution in [0, 0.1) is 29.1 Å². The summed E-state index contributed by atoms with van der Waals surface area (Å²) in [5.74, 6) is -11.0. The Labute approximate surface area is 96.7 Å². The van der Waals surface area contributed by atoms with Gasteiger partial charge in [0.25, 0.3) is 9.05 Å². The van der Waals surface area contributed by atoms with Crippen molar-refractivity contribution in [1.82, 2.24) is 0 Å². The van der Waals surface area contributed by atoms with Gasteiger partial charge in [-0.3, -0.25) is 0 Å². The van der Waals surface area contributed by atoms with E-state index in [1.54, 1.807) is 0 Å². The molecule has 94 valence electrons. The Balaban J connectivity index is 3.51. The highest BCUT2D eigenvalue weighted by atomic mass is 35.7. The van der Waals surface area contributed by atoms with Crippen molar-refractivity contribution >= 4 is 25.8 Å². The molecule has 0 amide bonds. The summed E-state index contributed by atoms with van der Waals surface area (Å²) in [6.45, 7) is 0. The molecule has 0 aromatic heterocycles. The normalized spacial score (nSPS) is 12.4. The fourth-order valence-corrected chi connectivity index (χ4v) is 1.37. The van der Waals surface area contributed by atoms with Gasteiger partial charge in [-0.25, -0.2) is 30.4 Å². The van der Waals surface area contributed by atoms with Crippen molar-refractivity contribution in [2.75, 3.05) is 0 Å². The summed E-state index contributed by atoms with van der Waals surface area (Å²) < 4.78 is 84.7. The molecule has 0 aliphatic heterocycles. The smallest absolute Gasteiger partial charge is 0.208 e. The first-order chi connectivity index (χ1) is 7.65. The third kappa shape index (κ3) is 2.95. The van der Waals surface area contributed by atoms with E-state index >= 15 is 0 Å². The van der Waals surface area contributed by atoms with Gasteiger partial charge in [0.15, 0.2) is 23.3 Å². The molecule has 0 fully saturated rings. The number of hydrogen-bond acceptors (Lipinski definition) is 2. The molecule has 0 heterocycles. The average molecular weight is 293 g/mol. The third-order valence-corrected chi connectivity index (χ3v) is 2.41. The van der Waals surface area contributed by atoms with E-state index in [4.69, 9.17) is 0 Å². The van der Waals surface area contributed by atoms with Crippen LogP contribution in [-0.2, 0) is 9.05 Å². The molecule has 0 N–H and O–H groups in total. The van der Waals surface area contributed by atoms with Crippen LogP contribution in [0.25, 0.3) is 6.08 Å². The molecule has 1 aromatic rings. The predicted octanol–water partition coefficient (Wildman–Crippen LogP) is 2.92. The number of rotatable bonds is 2. The zero-order valence-electron chi connectivity index (χ0n) is 7.65. The van der Waals surface area contributed by atoms with Crippen LogP contribution in [0.3, 0.4) is 0 Å². The molecule has 0 unspecified atom stereocenters. The molecule has 17 heavy (non-hydrogen) atoms. The molecule has 0 saturated heterocycles. The lowest BCUT2D eigenvalue weighted by molar-refractivity contribution is 0.377. The second-order valence-electron chi connectivity index (χ2n) is 2.76. The first kappa shape index (κ1) is 13.9. The maximum atomic E-state index is 13.0. The summed E-state index contributed by atoms with van der Waals surface area (Å²) in [5.41, 5.74) is -1.38. The molecular formula is C8H2ClF5O2S. The zero-order chi connectivity index (χ0) is 13.4. The van der Waals surface area contributed by atoms with Gasteiger partial charge in [-0.1, -0.05) is 0 Å². The van der Waals surface area contributed by atoms with Crippen molar-refractivity contribution < 1.29 is 30.4 Å². The summed E-state index contributed by atoms with van der Waals surface area (Å²) in [6.07, 6.45) is 0.179. The van der Waals surface area contributed by atoms with E-state index in [9.17, 15) is 30.4 Å². The Morgan fingerprint density at radius 3 is 1.53 bits per heavy atom. The highest BCUT2D eigenvalue weighted by Gasteiger charge is 2.24. The highest BCUT2D eigenvalue weighted by molar-refractivity contribution is 8.16. The monoisotopic (exact) mass is 292 g/mol.